The summed E-state index contributed by atoms with van der Waals surface area (Å²) in [7, 11) is 3.04. The lowest BCUT2D eigenvalue weighted by Gasteiger charge is -2.20. The highest BCUT2D eigenvalue weighted by Gasteiger charge is 2.22. The van der Waals surface area contributed by atoms with Crippen molar-refractivity contribution in [3.8, 4) is 5.75 Å². The van der Waals surface area contributed by atoms with Crippen molar-refractivity contribution in [3.63, 3.8) is 0 Å². The molecule has 0 aromatic heterocycles. The molecule has 1 atom stereocenters. The van der Waals surface area contributed by atoms with Crippen molar-refractivity contribution in [2.45, 2.75) is 26.4 Å². The summed E-state index contributed by atoms with van der Waals surface area (Å²) in [6, 6.07) is 7.44. The monoisotopic (exact) mass is 251 g/mol. The molecule has 0 saturated heterocycles. The third-order valence-electron chi connectivity index (χ3n) is 2.83. The minimum atomic E-state index is -0.306. The highest BCUT2D eigenvalue weighted by Crippen LogP contribution is 2.17. The van der Waals surface area contributed by atoms with Gasteiger partial charge >= 0.3 is 5.97 Å². The van der Waals surface area contributed by atoms with Crippen molar-refractivity contribution in [2.75, 3.05) is 14.2 Å². The van der Waals surface area contributed by atoms with Crippen LogP contribution in [0.2, 0.25) is 0 Å². The van der Waals surface area contributed by atoms with Crippen molar-refractivity contribution < 1.29 is 14.3 Å². The first-order chi connectivity index (χ1) is 8.60. The summed E-state index contributed by atoms with van der Waals surface area (Å²) in [4.78, 5) is 11.6. The van der Waals surface area contributed by atoms with E-state index in [0.29, 0.717) is 6.54 Å². The summed E-state index contributed by atoms with van der Waals surface area (Å²) in [5.74, 6) is 0.754. The van der Waals surface area contributed by atoms with Crippen LogP contribution in [0.25, 0.3) is 0 Å². The summed E-state index contributed by atoms with van der Waals surface area (Å²) in [6.07, 6.45) is 0. The molecular weight excluding hydrogens is 230 g/mol. The summed E-state index contributed by atoms with van der Waals surface area (Å²) in [6.45, 7) is 4.54. The molecule has 0 saturated carbocycles. The van der Waals surface area contributed by atoms with E-state index in [4.69, 9.17) is 9.47 Å². The highest BCUT2D eigenvalue weighted by molar-refractivity contribution is 5.75. The highest BCUT2D eigenvalue weighted by atomic mass is 16.5. The number of carbonyl (C=O) groups is 1. The molecule has 1 rings (SSSR count). The molecule has 0 aliphatic carbocycles. The number of hydrogen-bond acceptors (Lipinski definition) is 4. The maximum atomic E-state index is 11.6. The van der Waals surface area contributed by atoms with Gasteiger partial charge in [-0.15, -0.1) is 0 Å². The molecule has 0 amide bonds. The van der Waals surface area contributed by atoms with Gasteiger partial charge in [0.25, 0.3) is 0 Å². The average molecular weight is 251 g/mol. The Bertz CT molecular complexity index is 390. The van der Waals surface area contributed by atoms with Gasteiger partial charge in [0.05, 0.1) is 14.2 Å². The molecule has 100 valence electrons. The molecule has 0 bridgehead atoms. The standard InChI is InChI=1S/C14H21NO3/c1-10(2)13(14(16)18-4)15-9-11-7-5-6-8-12(11)17-3/h5-8,10,13,15H,9H2,1-4H3/t13-/m1/s1. The van der Waals surface area contributed by atoms with Crippen LogP contribution in [0.4, 0.5) is 0 Å². The molecule has 0 unspecified atom stereocenters. The van der Waals surface area contributed by atoms with E-state index in [-0.39, 0.29) is 17.9 Å². The fourth-order valence-electron chi connectivity index (χ4n) is 1.79. The molecule has 0 aliphatic heterocycles. The SMILES string of the molecule is COC(=O)[C@H](NCc1ccccc1OC)C(C)C. The molecule has 0 radical (unpaired) electrons. The first-order valence-corrected chi connectivity index (χ1v) is 6.03. The maximum Gasteiger partial charge on any atom is 0.323 e. The van der Waals surface area contributed by atoms with Crippen molar-refractivity contribution in [3.05, 3.63) is 29.8 Å². The van der Waals surface area contributed by atoms with Gasteiger partial charge < -0.3 is 9.47 Å². The number of hydrogen-bond donors (Lipinski definition) is 1. The zero-order chi connectivity index (χ0) is 13.5. The van der Waals surface area contributed by atoms with Crippen molar-refractivity contribution in [1.82, 2.24) is 5.32 Å². The number of para-hydroxylation sites is 1. The van der Waals surface area contributed by atoms with Crippen LogP contribution in [0.15, 0.2) is 24.3 Å². The van der Waals surface area contributed by atoms with Crippen LogP contribution < -0.4 is 10.1 Å². The average Bonchev–Trinajstić information content (AvgIpc) is 2.38. The Morgan fingerprint density at radius 1 is 1.28 bits per heavy atom. The van der Waals surface area contributed by atoms with Crippen LogP contribution in [0, 0.1) is 5.92 Å². The van der Waals surface area contributed by atoms with E-state index in [9.17, 15) is 4.79 Å². The van der Waals surface area contributed by atoms with Crippen molar-refractivity contribution in [1.29, 1.82) is 0 Å². The third kappa shape index (κ3) is 3.74. The molecule has 1 aromatic rings. The molecule has 0 spiro atoms. The van der Waals surface area contributed by atoms with Crippen LogP contribution >= 0.6 is 0 Å². The number of ether oxygens (including phenoxy) is 2. The van der Waals surface area contributed by atoms with Gasteiger partial charge in [-0.2, -0.15) is 0 Å². The zero-order valence-corrected chi connectivity index (χ0v) is 11.4. The third-order valence-corrected chi connectivity index (χ3v) is 2.83. The molecule has 0 aliphatic rings. The molecular formula is C14H21NO3. The van der Waals surface area contributed by atoms with E-state index in [2.05, 4.69) is 5.32 Å². The Morgan fingerprint density at radius 3 is 2.50 bits per heavy atom. The number of rotatable bonds is 6. The molecule has 4 nitrogen and oxygen atoms in total. The Kier molecular flexibility index (Phi) is 5.65. The van der Waals surface area contributed by atoms with Gasteiger partial charge in [-0.25, -0.2) is 0 Å². The van der Waals surface area contributed by atoms with Gasteiger partial charge in [0.2, 0.25) is 0 Å². The fourth-order valence-corrected chi connectivity index (χ4v) is 1.79. The normalized spacial score (nSPS) is 12.3. The van der Waals surface area contributed by atoms with Gasteiger partial charge in [-0.1, -0.05) is 32.0 Å². The molecule has 1 aromatic carbocycles. The topological polar surface area (TPSA) is 47.6 Å². The lowest BCUT2D eigenvalue weighted by Crippen LogP contribution is -2.41. The lowest BCUT2D eigenvalue weighted by molar-refractivity contribution is -0.144. The summed E-state index contributed by atoms with van der Waals surface area (Å²) in [5.41, 5.74) is 1.02. The summed E-state index contributed by atoms with van der Waals surface area (Å²) >= 11 is 0. The fraction of sp³-hybridized carbons (Fsp3) is 0.500. The Hall–Kier alpha value is -1.55. The Morgan fingerprint density at radius 2 is 1.94 bits per heavy atom. The number of benzene rings is 1. The van der Waals surface area contributed by atoms with E-state index in [1.807, 2.05) is 38.1 Å². The first-order valence-electron chi connectivity index (χ1n) is 6.03. The maximum absolute atomic E-state index is 11.6. The number of esters is 1. The van der Waals surface area contributed by atoms with Crippen molar-refractivity contribution >= 4 is 5.97 Å². The zero-order valence-electron chi connectivity index (χ0n) is 11.4. The van der Waals surface area contributed by atoms with Gasteiger partial charge in [-0.3, -0.25) is 10.1 Å². The van der Waals surface area contributed by atoms with Crippen LogP contribution in [0.5, 0.6) is 5.75 Å². The van der Waals surface area contributed by atoms with E-state index in [1.165, 1.54) is 7.11 Å². The second-order valence-corrected chi connectivity index (χ2v) is 4.44. The molecule has 18 heavy (non-hydrogen) atoms. The molecule has 1 N–H and O–H groups in total. The van der Waals surface area contributed by atoms with Crippen LogP contribution in [0.3, 0.4) is 0 Å². The molecule has 4 heteroatoms. The van der Waals surface area contributed by atoms with Crippen LogP contribution in [-0.2, 0) is 16.1 Å². The van der Waals surface area contributed by atoms with E-state index in [0.717, 1.165) is 11.3 Å². The number of methoxy groups -OCH3 is 2. The van der Waals surface area contributed by atoms with Crippen molar-refractivity contribution in [2.24, 2.45) is 5.92 Å². The quantitative estimate of drug-likeness (QED) is 0.785. The Labute approximate surface area is 108 Å². The second kappa shape index (κ2) is 7.01. The smallest absolute Gasteiger partial charge is 0.323 e. The summed E-state index contributed by atoms with van der Waals surface area (Å²) in [5, 5.41) is 3.21. The molecule has 0 heterocycles. The van der Waals surface area contributed by atoms with E-state index >= 15 is 0 Å². The first kappa shape index (κ1) is 14.5. The van der Waals surface area contributed by atoms with Gasteiger partial charge in [0.15, 0.2) is 0 Å². The Balaban J connectivity index is 2.70. The van der Waals surface area contributed by atoms with Crippen LogP contribution in [0.1, 0.15) is 19.4 Å². The van der Waals surface area contributed by atoms with E-state index in [1.54, 1.807) is 7.11 Å². The predicted octanol–water partition coefficient (Wildman–Crippen LogP) is 1.98. The molecule has 0 fully saturated rings. The largest absolute Gasteiger partial charge is 0.496 e. The minimum absolute atomic E-state index is 0.173. The lowest BCUT2D eigenvalue weighted by atomic mass is 10.0. The van der Waals surface area contributed by atoms with Gasteiger partial charge in [-0.05, 0) is 12.0 Å². The second-order valence-electron chi connectivity index (χ2n) is 4.44. The predicted molar refractivity (Wildman–Crippen MR) is 70.5 cm³/mol. The number of nitrogens with one attached hydrogen (secondary N) is 1. The van der Waals surface area contributed by atoms with E-state index < -0.39 is 0 Å². The van der Waals surface area contributed by atoms with Crippen LogP contribution in [-0.4, -0.2) is 26.2 Å². The van der Waals surface area contributed by atoms with Gasteiger partial charge in [0, 0.05) is 12.1 Å². The minimum Gasteiger partial charge on any atom is -0.496 e. The van der Waals surface area contributed by atoms with Gasteiger partial charge in [0.1, 0.15) is 11.8 Å². The summed E-state index contributed by atoms with van der Waals surface area (Å²) < 4.78 is 10.1. The number of carbonyl (C=O) groups excluding carboxylic acids is 1.